The first-order valence-electron chi connectivity index (χ1n) is 6.66. The van der Waals surface area contributed by atoms with Crippen molar-refractivity contribution in [3.63, 3.8) is 0 Å². The molecular formula is C17H14N2S. The minimum absolute atomic E-state index is 1.04. The molecule has 0 aliphatic carbocycles. The molecule has 2 aromatic heterocycles. The summed E-state index contributed by atoms with van der Waals surface area (Å²) in [7, 11) is 0. The van der Waals surface area contributed by atoms with E-state index in [0.29, 0.717) is 0 Å². The van der Waals surface area contributed by atoms with Crippen LogP contribution in [0.25, 0.3) is 26.4 Å². The molecule has 0 N–H and O–H groups in total. The second-order valence-corrected chi connectivity index (χ2v) is 6.18. The fourth-order valence-corrected chi connectivity index (χ4v) is 3.67. The number of aromatic nitrogens is 2. The molecule has 0 radical (unpaired) electrons. The third-order valence-corrected chi connectivity index (χ3v) is 4.68. The second kappa shape index (κ2) is 4.18. The monoisotopic (exact) mass is 278 g/mol. The van der Waals surface area contributed by atoms with Crippen LogP contribution in [0, 0.1) is 13.8 Å². The Morgan fingerprint density at radius 2 is 1.80 bits per heavy atom. The summed E-state index contributed by atoms with van der Waals surface area (Å²) in [6, 6.07) is 15.0. The maximum absolute atomic E-state index is 4.77. The summed E-state index contributed by atoms with van der Waals surface area (Å²) >= 11 is 1.75. The lowest BCUT2D eigenvalue weighted by atomic mass is 10.1. The van der Waals surface area contributed by atoms with E-state index >= 15 is 0 Å². The van der Waals surface area contributed by atoms with Crippen LogP contribution in [0.15, 0.2) is 48.7 Å². The normalized spacial score (nSPS) is 11.5. The lowest BCUT2D eigenvalue weighted by Gasteiger charge is -1.98. The summed E-state index contributed by atoms with van der Waals surface area (Å²) in [4.78, 5) is 5.83. The molecular weight excluding hydrogens is 264 g/mol. The zero-order valence-electron chi connectivity index (χ0n) is 11.4. The molecule has 0 saturated heterocycles. The molecule has 2 nitrogen and oxygen atoms in total. The molecule has 0 amide bonds. The maximum atomic E-state index is 4.77. The van der Waals surface area contributed by atoms with E-state index in [4.69, 9.17) is 4.98 Å². The van der Waals surface area contributed by atoms with Crippen molar-refractivity contribution in [1.29, 1.82) is 0 Å². The molecule has 20 heavy (non-hydrogen) atoms. The maximum Gasteiger partial charge on any atom is 0.195 e. The number of nitrogens with zero attached hydrogens (tertiary/aromatic N) is 2. The minimum Gasteiger partial charge on any atom is -0.289 e. The third kappa shape index (κ3) is 1.67. The van der Waals surface area contributed by atoms with Gasteiger partial charge in [0.2, 0.25) is 0 Å². The molecule has 98 valence electrons. The molecule has 0 aliphatic rings. The van der Waals surface area contributed by atoms with Gasteiger partial charge in [0.05, 0.1) is 15.9 Å². The zero-order chi connectivity index (χ0) is 13.7. The Balaban J connectivity index is 1.97. The molecule has 0 saturated carbocycles. The number of hydrogen-bond donors (Lipinski definition) is 0. The zero-order valence-corrected chi connectivity index (χ0v) is 12.2. The minimum atomic E-state index is 1.04. The molecule has 2 aromatic carbocycles. The molecule has 4 aromatic rings. The van der Waals surface area contributed by atoms with Crippen molar-refractivity contribution in [3.05, 3.63) is 59.8 Å². The van der Waals surface area contributed by atoms with Gasteiger partial charge in [0.15, 0.2) is 4.96 Å². The summed E-state index contributed by atoms with van der Waals surface area (Å²) in [6.45, 7) is 4.26. The van der Waals surface area contributed by atoms with Gasteiger partial charge in [-0.25, -0.2) is 4.98 Å². The molecule has 3 heteroatoms. The van der Waals surface area contributed by atoms with Crippen molar-refractivity contribution in [2.45, 2.75) is 13.8 Å². The molecule has 2 heterocycles. The van der Waals surface area contributed by atoms with Gasteiger partial charge in [-0.2, -0.15) is 0 Å². The van der Waals surface area contributed by atoms with E-state index in [9.17, 15) is 0 Å². The summed E-state index contributed by atoms with van der Waals surface area (Å²) in [5.41, 5.74) is 6.06. The van der Waals surface area contributed by atoms with Crippen LogP contribution in [-0.4, -0.2) is 9.38 Å². The standard InChI is InChI=1S/C17H14N2S/c1-11-6-8-13(9-7-11)14-10-19-16-12(2)4-3-5-15(16)20-17(19)18-14/h3-10H,1-2H3. The lowest BCUT2D eigenvalue weighted by Crippen LogP contribution is -1.81. The van der Waals surface area contributed by atoms with Crippen molar-refractivity contribution in [2.24, 2.45) is 0 Å². The number of aryl methyl sites for hydroxylation is 2. The lowest BCUT2D eigenvalue weighted by molar-refractivity contribution is 1.27. The van der Waals surface area contributed by atoms with E-state index in [2.05, 4.69) is 66.9 Å². The molecule has 0 spiro atoms. The van der Waals surface area contributed by atoms with Gasteiger partial charge >= 0.3 is 0 Å². The van der Waals surface area contributed by atoms with E-state index in [1.54, 1.807) is 11.3 Å². The van der Waals surface area contributed by atoms with Gasteiger partial charge in [0, 0.05) is 11.8 Å². The van der Waals surface area contributed by atoms with Crippen molar-refractivity contribution in [3.8, 4) is 11.3 Å². The first kappa shape index (κ1) is 11.7. The highest BCUT2D eigenvalue weighted by atomic mass is 32.1. The van der Waals surface area contributed by atoms with Crippen LogP contribution >= 0.6 is 11.3 Å². The average Bonchev–Trinajstić information content (AvgIpc) is 2.97. The highest BCUT2D eigenvalue weighted by Crippen LogP contribution is 2.31. The van der Waals surface area contributed by atoms with Crippen LogP contribution in [-0.2, 0) is 0 Å². The second-order valence-electron chi connectivity index (χ2n) is 5.17. The number of benzene rings is 2. The number of thiazole rings is 1. The van der Waals surface area contributed by atoms with Gasteiger partial charge in [-0.1, -0.05) is 53.3 Å². The van der Waals surface area contributed by atoms with Gasteiger partial charge in [0.25, 0.3) is 0 Å². The van der Waals surface area contributed by atoms with Gasteiger partial charge < -0.3 is 0 Å². The Bertz CT molecular complexity index is 913. The largest absolute Gasteiger partial charge is 0.289 e. The van der Waals surface area contributed by atoms with Crippen molar-refractivity contribution < 1.29 is 0 Å². The van der Waals surface area contributed by atoms with E-state index in [1.807, 2.05) is 0 Å². The Morgan fingerprint density at radius 3 is 2.60 bits per heavy atom. The predicted molar refractivity (Wildman–Crippen MR) is 85.5 cm³/mol. The number of imidazole rings is 1. The fraction of sp³-hybridized carbons (Fsp3) is 0.118. The SMILES string of the molecule is Cc1ccc(-c2cn3c(n2)sc2cccc(C)c23)cc1. The molecule has 0 aliphatic heterocycles. The summed E-state index contributed by atoms with van der Waals surface area (Å²) in [5.74, 6) is 0. The van der Waals surface area contributed by atoms with Crippen LogP contribution in [0.3, 0.4) is 0 Å². The van der Waals surface area contributed by atoms with Gasteiger partial charge in [0.1, 0.15) is 0 Å². The van der Waals surface area contributed by atoms with Gasteiger partial charge in [-0.05, 0) is 25.5 Å². The average molecular weight is 278 g/mol. The van der Waals surface area contributed by atoms with E-state index < -0.39 is 0 Å². The Hall–Kier alpha value is -2.13. The number of para-hydroxylation sites is 1. The molecule has 0 fully saturated rings. The van der Waals surface area contributed by atoms with Crippen LogP contribution in [0.2, 0.25) is 0 Å². The number of rotatable bonds is 1. The van der Waals surface area contributed by atoms with E-state index in [-0.39, 0.29) is 0 Å². The summed E-state index contributed by atoms with van der Waals surface area (Å²) < 4.78 is 3.51. The van der Waals surface area contributed by atoms with Crippen LogP contribution in [0.4, 0.5) is 0 Å². The molecule has 0 unspecified atom stereocenters. The highest BCUT2D eigenvalue weighted by Gasteiger charge is 2.11. The predicted octanol–water partition coefficient (Wildman–Crippen LogP) is 4.83. The highest BCUT2D eigenvalue weighted by molar-refractivity contribution is 7.23. The van der Waals surface area contributed by atoms with Crippen molar-refractivity contribution >= 4 is 26.5 Å². The topological polar surface area (TPSA) is 17.3 Å². The molecule has 4 rings (SSSR count). The van der Waals surface area contributed by atoms with Gasteiger partial charge in [-0.15, -0.1) is 0 Å². The first-order valence-corrected chi connectivity index (χ1v) is 7.48. The first-order chi connectivity index (χ1) is 9.72. The fourth-order valence-electron chi connectivity index (χ4n) is 2.58. The Kier molecular flexibility index (Phi) is 2.44. The third-order valence-electron chi connectivity index (χ3n) is 3.66. The van der Waals surface area contributed by atoms with Crippen LogP contribution in [0.1, 0.15) is 11.1 Å². The van der Waals surface area contributed by atoms with Crippen LogP contribution in [0.5, 0.6) is 0 Å². The molecule has 0 bridgehead atoms. The quantitative estimate of drug-likeness (QED) is 0.487. The van der Waals surface area contributed by atoms with Crippen molar-refractivity contribution in [2.75, 3.05) is 0 Å². The number of fused-ring (bicyclic) bond motifs is 3. The van der Waals surface area contributed by atoms with E-state index in [1.165, 1.54) is 26.9 Å². The molecule has 0 atom stereocenters. The Labute approximate surface area is 121 Å². The van der Waals surface area contributed by atoms with Crippen molar-refractivity contribution in [1.82, 2.24) is 9.38 Å². The number of hydrogen-bond acceptors (Lipinski definition) is 2. The van der Waals surface area contributed by atoms with E-state index in [0.717, 1.165) is 10.7 Å². The Morgan fingerprint density at radius 1 is 1.00 bits per heavy atom. The smallest absolute Gasteiger partial charge is 0.195 e. The summed E-state index contributed by atoms with van der Waals surface area (Å²) in [6.07, 6.45) is 2.14. The summed E-state index contributed by atoms with van der Waals surface area (Å²) in [5, 5.41) is 0. The van der Waals surface area contributed by atoms with Gasteiger partial charge in [-0.3, -0.25) is 4.40 Å². The van der Waals surface area contributed by atoms with Crippen LogP contribution < -0.4 is 0 Å².